The van der Waals surface area contributed by atoms with Crippen molar-refractivity contribution in [3.05, 3.63) is 56.7 Å². The molecule has 0 amide bonds. The van der Waals surface area contributed by atoms with Gasteiger partial charge >= 0.3 is 0 Å². The van der Waals surface area contributed by atoms with Crippen molar-refractivity contribution < 1.29 is 17.6 Å². The van der Waals surface area contributed by atoms with Gasteiger partial charge in [-0.25, -0.2) is 8.42 Å². The number of anilines is 1. The van der Waals surface area contributed by atoms with Crippen LogP contribution in [0.2, 0.25) is 15.1 Å². The van der Waals surface area contributed by atoms with E-state index in [1.165, 1.54) is 12.1 Å². The zero-order chi connectivity index (χ0) is 19.3. The van der Waals surface area contributed by atoms with Crippen molar-refractivity contribution >= 4 is 67.3 Å². The van der Waals surface area contributed by atoms with E-state index in [2.05, 4.69) is 4.72 Å². The Morgan fingerprint density at radius 3 is 2.48 bits per heavy atom. The Bertz CT molecular complexity index is 1200. The lowest BCUT2D eigenvalue weighted by atomic mass is 9.94. The highest BCUT2D eigenvalue weighted by atomic mass is 35.5. The number of furan rings is 1. The van der Waals surface area contributed by atoms with Gasteiger partial charge in [0.1, 0.15) is 16.2 Å². The normalized spacial score (nSPS) is 14.4. The zero-order valence-corrected chi connectivity index (χ0v) is 16.8. The van der Waals surface area contributed by atoms with Crippen LogP contribution in [0.5, 0.6) is 0 Å². The molecule has 1 aromatic heterocycles. The number of halogens is 3. The van der Waals surface area contributed by atoms with Crippen LogP contribution in [0.15, 0.2) is 39.6 Å². The molecule has 0 atom stereocenters. The van der Waals surface area contributed by atoms with E-state index < -0.39 is 10.0 Å². The summed E-state index contributed by atoms with van der Waals surface area (Å²) in [6.45, 7) is 0. The SMILES string of the molecule is O=C1CCCc2oc3ccc(NS(=O)(=O)c4cc(Cl)c(Cl)cc4Cl)cc3c21. The Labute approximate surface area is 170 Å². The fraction of sp³-hybridized carbons (Fsp3) is 0.167. The number of benzene rings is 2. The predicted molar refractivity (Wildman–Crippen MR) is 106 cm³/mol. The van der Waals surface area contributed by atoms with Gasteiger partial charge in [0, 0.05) is 23.9 Å². The summed E-state index contributed by atoms with van der Waals surface area (Å²) in [4.78, 5) is 12.1. The molecule has 0 fully saturated rings. The van der Waals surface area contributed by atoms with E-state index in [0.717, 1.165) is 6.42 Å². The summed E-state index contributed by atoms with van der Waals surface area (Å²) in [6.07, 6.45) is 1.90. The molecule has 1 heterocycles. The molecule has 0 radical (unpaired) electrons. The average Bonchev–Trinajstić information content (AvgIpc) is 2.96. The largest absolute Gasteiger partial charge is 0.460 e. The second-order valence-electron chi connectivity index (χ2n) is 6.19. The number of fused-ring (bicyclic) bond motifs is 3. The Morgan fingerprint density at radius 2 is 1.70 bits per heavy atom. The van der Waals surface area contributed by atoms with E-state index in [1.54, 1.807) is 18.2 Å². The van der Waals surface area contributed by atoms with Gasteiger partial charge in [0.15, 0.2) is 5.78 Å². The standard InChI is InChI=1S/C18H12Cl3NO4S/c19-11-7-13(21)17(8-12(11)20)27(24,25)22-9-4-5-15-10(6-9)18-14(23)2-1-3-16(18)26-15/h4-8,22H,1-3H2. The molecule has 3 aromatic rings. The van der Waals surface area contributed by atoms with Gasteiger partial charge in [0.05, 0.1) is 20.6 Å². The maximum atomic E-state index is 12.7. The maximum Gasteiger partial charge on any atom is 0.263 e. The molecular formula is C18H12Cl3NO4S. The van der Waals surface area contributed by atoms with Crippen molar-refractivity contribution in [1.29, 1.82) is 0 Å². The van der Waals surface area contributed by atoms with Gasteiger partial charge in [-0.3, -0.25) is 9.52 Å². The van der Waals surface area contributed by atoms with Crippen LogP contribution in [0.25, 0.3) is 11.0 Å². The zero-order valence-electron chi connectivity index (χ0n) is 13.7. The molecule has 0 saturated carbocycles. The second-order valence-corrected chi connectivity index (χ2v) is 9.06. The molecule has 0 aliphatic heterocycles. The lowest BCUT2D eigenvalue weighted by Crippen LogP contribution is -2.13. The molecule has 0 spiro atoms. The molecule has 9 heteroatoms. The Morgan fingerprint density at radius 1 is 0.963 bits per heavy atom. The molecular weight excluding hydrogens is 433 g/mol. The number of ketones is 1. The molecule has 27 heavy (non-hydrogen) atoms. The van der Waals surface area contributed by atoms with E-state index in [0.29, 0.717) is 35.1 Å². The lowest BCUT2D eigenvalue weighted by Gasteiger charge is -2.11. The first-order valence-corrected chi connectivity index (χ1v) is 10.6. The minimum absolute atomic E-state index is 0.00235. The van der Waals surface area contributed by atoms with Crippen LogP contribution in [0.3, 0.4) is 0 Å². The number of nitrogens with one attached hydrogen (secondary N) is 1. The number of carbonyl (C=O) groups excluding carboxylic acids is 1. The van der Waals surface area contributed by atoms with Gasteiger partial charge in [0.25, 0.3) is 10.0 Å². The molecule has 1 aliphatic rings. The number of sulfonamides is 1. The lowest BCUT2D eigenvalue weighted by molar-refractivity contribution is 0.0971. The fourth-order valence-electron chi connectivity index (χ4n) is 3.15. The number of hydrogen-bond donors (Lipinski definition) is 1. The molecule has 0 unspecified atom stereocenters. The first-order valence-electron chi connectivity index (χ1n) is 8.02. The third kappa shape index (κ3) is 3.31. The van der Waals surface area contributed by atoms with Gasteiger partial charge in [-0.15, -0.1) is 0 Å². The number of aryl methyl sites for hydroxylation is 1. The van der Waals surface area contributed by atoms with Gasteiger partial charge in [-0.2, -0.15) is 0 Å². The summed E-state index contributed by atoms with van der Waals surface area (Å²) in [5.74, 6) is 0.649. The summed E-state index contributed by atoms with van der Waals surface area (Å²) in [5.41, 5.74) is 1.36. The van der Waals surface area contributed by atoms with Crippen molar-refractivity contribution in [3.8, 4) is 0 Å². The Kier molecular flexibility index (Phi) is 4.63. The van der Waals surface area contributed by atoms with Gasteiger partial charge < -0.3 is 4.42 Å². The van der Waals surface area contributed by atoms with Crippen molar-refractivity contribution in [1.82, 2.24) is 0 Å². The molecule has 0 bridgehead atoms. The molecule has 1 aliphatic carbocycles. The van der Waals surface area contributed by atoms with Crippen molar-refractivity contribution in [2.24, 2.45) is 0 Å². The fourth-order valence-corrected chi connectivity index (χ4v) is 5.20. The Balaban J connectivity index is 1.76. The predicted octanol–water partition coefficient (Wildman–Crippen LogP) is 5.71. The number of carbonyl (C=O) groups is 1. The number of rotatable bonds is 3. The molecule has 2 aromatic carbocycles. The molecule has 4 rings (SSSR count). The summed E-state index contributed by atoms with van der Waals surface area (Å²) in [5, 5.41) is 0.779. The van der Waals surface area contributed by atoms with Crippen LogP contribution in [0.1, 0.15) is 29.0 Å². The minimum Gasteiger partial charge on any atom is -0.460 e. The van der Waals surface area contributed by atoms with Gasteiger partial charge in [0.2, 0.25) is 0 Å². The van der Waals surface area contributed by atoms with Crippen molar-refractivity contribution in [2.75, 3.05) is 4.72 Å². The molecule has 0 saturated heterocycles. The monoisotopic (exact) mass is 443 g/mol. The van der Waals surface area contributed by atoms with E-state index in [1.807, 2.05) is 0 Å². The molecule has 1 N–H and O–H groups in total. The van der Waals surface area contributed by atoms with Crippen LogP contribution >= 0.6 is 34.8 Å². The summed E-state index contributed by atoms with van der Waals surface area (Å²) >= 11 is 17.8. The van der Waals surface area contributed by atoms with E-state index in [9.17, 15) is 13.2 Å². The third-order valence-corrected chi connectivity index (χ3v) is 6.93. The minimum atomic E-state index is -4.01. The van der Waals surface area contributed by atoms with Crippen LogP contribution in [0.4, 0.5) is 5.69 Å². The first kappa shape index (κ1) is 18.6. The first-order chi connectivity index (χ1) is 12.8. The highest BCUT2D eigenvalue weighted by Crippen LogP contribution is 2.35. The van der Waals surface area contributed by atoms with Crippen LogP contribution in [0, 0.1) is 0 Å². The molecule has 140 valence electrons. The summed E-state index contributed by atoms with van der Waals surface area (Å²) < 4.78 is 33.6. The number of Topliss-reactive ketones (excluding diaryl/α,β-unsaturated/α-hetero) is 1. The topological polar surface area (TPSA) is 76.4 Å². The van der Waals surface area contributed by atoms with E-state index >= 15 is 0 Å². The Hall–Kier alpha value is -1.73. The number of hydrogen-bond acceptors (Lipinski definition) is 4. The second kappa shape index (κ2) is 6.71. The van der Waals surface area contributed by atoms with Gasteiger partial charge in [-0.05, 0) is 36.8 Å². The summed E-state index contributed by atoms with van der Waals surface area (Å²) in [7, 11) is -4.01. The third-order valence-electron chi connectivity index (χ3n) is 4.36. The van der Waals surface area contributed by atoms with E-state index in [-0.39, 0.29) is 31.4 Å². The maximum absolute atomic E-state index is 12.7. The van der Waals surface area contributed by atoms with Crippen molar-refractivity contribution in [2.45, 2.75) is 24.2 Å². The quantitative estimate of drug-likeness (QED) is 0.525. The average molecular weight is 445 g/mol. The highest BCUT2D eigenvalue weighted by molar-refractivity contribution is 7.92. The van der Waals surface area contributed by atoms with E-state index in [4.69, 9.17) is 39.2 Å². The van der Waals surface area contributed by atoms with Crippen LogP contribution in [-0.4, -0.2) is 14.2 Å². The van der Waals surface area contributed by atoms with Gasteiger partial charge in [-0.1, -0.05) is 34.8 Å². The van der Waals surface area contributed by atoms with Crippen molar-refractivity contribution in [3.63, 3.8) is 0 Å². The van der Waals surface area contributed by atoms with Crippen LogP contribution in [-0.2, 0) is 16.4 Å². The van der Waals surface area contributed by atoms with Crippen LogP contribution < -0.4 is 4.72 Å². The smallest absolute Gasteiger partial charge is 0.263 e. The summed E-state index contributed by atoms with van der Waals surface area (Å²) in [6, 6.07) is 7.24. The highest BCUT2D eigenvalue weighted by Gasteiger charge is 2.25. The molecule has 5 nitrogen and oxygen atoms in total.